The Bertz CT molecular complexity index is 595. The molecule has 1 atom stereocenters. The number of thiophene rings is 1. The molecule has 2 aromatic rings. The van der Waals surface area contributed by atoms with Gasteiger partial charge in [-0.15, -0.1) is 0 Å². The van der Waals surface area contributed by atoms with E-state index in [1.807, 2.05) is 23.8 Å². The van der Waals surface area contributed by atoms with Gasteiger partial charge in [0.05, 0.1) is 17.4 Å². The highest BCUT2D eigenvalue weighted by atomic mass is 35.5. The van der Waals surface area contributed by atoms with Crippen LogP contribution < -0.4 is 5.32 Å². The van der Waals surface area contributed by atoms with Crippen molar-refractivity contribution in [2.45, 2.75) is 26.5 Å². The SMILES string of the molecule is CCn1nc(C)c(C(=O)NCC(O)c2ccsc2)c1Cl. The second kappa shape index (κ2) is 6.39. The molecule has 1 amide bonds. The smallest absolute Gasteiger partial charge is 0.256 e. The molecular formula is C13H16ClN3O2S. The molecule has 0 radical (unpaired) electrons. The number of aryl methyl sites for hydroxylation is 2. The summed E-state index contributed by atoms with van der Waals surface area (Å²) in [5.74, 6) is -0.318. The number of nitrogens with one attached hydrogen (secondary N) is 1. The van der Waals surface area contributed by atoms with Crippen LogP contribution >= 0.6 is 22.9 Å². The molecule has 0 aliphatic carbocycles. The molecule has 0 aliphatic rings. The molecule has 2 N–H and O–H groups in total. The third-order valence-corrected chi connectivity index (χ3v) is 4.06. The predicted octanol–water partition coefficient (Wildman–Crippen LogP) is 2.39. The van der Waals surface area contributed by atoms with Gasteiger partial charge < -0.3 is 10.4 Å². The lowest BCUT2D eigenvalue weighted by Gasteiger charge is -2.10. The predicted molar refractivity (Wildman–Crippen MR) is 79.3 cm³/mol. The van der Waals surface area contributed by atoms with E-state index in [1.54, 1.807) is 11.6 Å². The Labute approximate surface area is 126 Å². The Morgan fingerprint density at radius 3 is 2.95 bits per heavy atom. The lowest BCUT2D eigenvalue weighted by Crippen LogP contribution is -2.28. The van der Waals surface area contributed by atoms with Crippen molar-refractivity contribution in [1.82, 2.24) is 15.1 Å². The third-order valence-electron chi connectivity index (χ3n) is 2.98. The van der Waals surface area contributed by atoms with Crippen molar-refractivity contribution in [1.29, 1.82) is 0 Å². The standard InChI is InChI=1S/C13H16ClN3O2S/c1-3-17-12(14)11(8(2)16-17)13(19)15-6-10(18)9-4-5-20-7-9/h4-5,7,10,18H,3,6H2,1-2H3,(H,15,19). The highest BCUT2D eigenvalue weighted by Crippen LogP contribution is 2.20. The number of aliphatic hydroxyl groups excluding tert-OH is 1. The van der Waals surface area contributed by atoms with Gasteiger partial charge >= 0.3 is 0 Å². The number of halogens is 1. The van der Waals surface area contributed by atoms with Crippen molar-refractivity contribution in [3.05, 3.63) is 38.8 Å². The Morgan fingerprint density at radius 2 is 2.40 bits per heavy atom. The average molecular weight is 314 g/mol. The third kappa shape index (κ3) is 3.03. The van der Waals surface area contributed by atoms with Gasteiger partial charge in [-0.05, 0) is 36.2 Å². The molecule has 0 fully saturated rings. The summed E-state index contributed by atoms with van der Waals surface area (Å²) in [7, 11) is 0. The molecule has 2 heterocycles. The number of hydrogen-bond acceptors (Lipinski definition) is 4. The van der Waals surface area contributed by atoms with E-state index in [9.17, 15) is 9.90 Å². The van der Waals surface area contributed by atoms with E-state index in [2.05, 4.69) is 10.4 Å². The molecule has 20 heavy (non-hydrogen) atoms. The number of amides is 1. The molecule has 7 heteroatoms. The summed E-state index contributed by atoms with van der Waals surface area (Å²) in [4.78, 5) is 12.1. The average Bonchev–Trinajstić information content (AvgIpc) is 3.04. The summed E-state index contributed by atoms with van der Waals surface area (Å²) in [5, 5.41) is 20.9. The molecule has 108 valence electrons. The highest BCUT2D eigenvalue weighted by Gasteiger charge is 2.20. The summed E-state index contributed by atoms with van der Waals surface area (Å²) >= 11 is 7.62. The monoisotopic (exact) mass is 313 g/mol. The maximum Gasteiger partial charge on any atom is 0.256 e. The number of nitrogens with zero attached hydrogens (tertiary/aromatic N) is 2. The van der Waals surface area contributed by atoms with Crippen molar-refractivity contribution in [2.75, 3.05) is 6.54 Å². The number of hydrogen-bond donors (Lipinski definition) is 2. The van der Waals surface area contributed by atoms with E-state index in [4.69, 9.17) is 11.6 Å². The van der Waals surface area contributed by atoms with E-state index in [1.165, 1.54) is 11.3 Å². The fourth-order valence-electron chi connectivity index (χ4n) is 1.88. The number of carbonyl (C=O) groups excluding carboxylic acids is 1. The first kappa shape index (κ1) is 15.0. The van der Waals surface area contributed by atoms with Gasteiger partial charge in [-0.3, -0.25) is 9.48 Å². The van der Waals surface area contributed by atoms with E-state index >= 15 is 0 Å². The first-order valence-electron chi connectivity index (χ1n) is 6.25. The van der Waals surface area contributed by atoms with Crippen LogP contribution in [0.5, 0.6) is 0 Å². The van der Waals surface area contributed by atoms with E-state index in [-0.39, 0.29) is 12.5 Å². The van der Waals surface area contributed by atoms with E-state index < -0.39 is 6.10 Å². The van der Waals surface area contributed by atoms with Crippen LogP contribution in [-0.4, -0.2) is 27.3 Å². The van der Waals surface area contributed by atoms with Crippen LogP contribution in [0.15, 0.2) is 16.8 Å². The molecule has 1 unspecified atom stereocenters. The number of carbonyl (C=O) groups is 1. The van der Waals surface area contributed by atoms with Crippen LogP contribution in [0.4, 0.5) is 0 Å². The van der Waals surface area contributed by atoms with Gasteiger partial charge in [0.1, 0.15) is 5.15 Å². The number of rotatable bonds is 5. The van der Waals surface area contributed by atoms with Crippen molar-refractivity contribution in [3.63, 3.8) is 0 Å². The minimum Gasteiger partial charge on any atom is -0.387 e. The topological polar surface area (TPSA) is 67.2 Å². The second-order valence-electron chi connectivity index (χ2n) is 4.35. The van der Waals surface area contributed by atoms with Gasteiger partial charge in [0, 0.05) is 13.1 Å². The lowest BCUT2D eigenvalue weighted by molar-refractivity contribution is 0.0916. The molecule has 0 aliphatic heterocycles. The summed E-state index contributed by atoms with van der Waals surface area (Å²) in [5.41, 5.74) is 1.74. The molecule has 0 bridgehead atoms. The van der Waals surface area contributed by atoms with Gasteiger partial charge in [0.25, 0.3) is 5.91 Å². The lowest BCUT2D eigenvalue weighted by atomic mass is 10.2. The molecule has 0 spiro atoms. The van der Waals surface area contributed by atoms with E-state index in [0.29, 0.717) is 23.0 Å². The molecule has 0 aromatic carbocycles. The maximum atomic E-state index is 12.1. The Morgan fingerprint density at radius 1 is 1.65 bits per heavy atom. The summed E-state index contributed by atoms with van der Waals surface area (Å²) in [6.45, 7) is 4.38. The van der Waals surface area contributed by atoms with Gasteiger partial charge in [0.2, 0.25) is 0 Å². The Kier molecular flexibility index (Phi) is 4.80. The fourth-order valence-corrected chi connectivity index (χ4v) is 2.97. The van der Waals surface area contributed by atoms with Gasteiger partial charge in [0.15, 0.2) is 0 Å². The highest BCUT2D eigenvalue weighted by molar-refractivity contribution is 7.07. The molecule has 2 aromatic heterocycles. The van der Waals surface area contributed by atoms with Crippen LogP contribution in [-0.2, 0) is 6.54 Å². The van der Waals surface area contributed by atoms with Crippen molar-refractivity contribution in [2.24, 2.45) is 0 Å². The first-order valence-corrected chi connectivity index (χ1v) is 7.58. The van der Waals surface area contributed by atoms with Crippen molar-refractivity contribution < 1.29 is 9.90 Å². The molecular weight excluding hydrogens is 298 g/mol. The van der Waals surface area contributed by atoms with Gasteiger partial charge in [-0.25, -0.2) is 0 Å². The van der Waals surface area contributed by atoms with Crippen molar-refractivity contribution in [3.8, 4) is 0 Å². The normalized spacial score (nSPS) is 12.4. The second-order valence-corrected chi connectivity index (χ2v) is 5.49. The summed E-state index contributed by atoms with van der Waals surface area (Å²) in [6, 6.07) is 1.83. The van der Waals surface area contributed by atoms with E-state index in [0.717, 1.165) is 5.56 Å². The zero-order valence-electron chi connectivity index (χ0n) is 11.3. The Hall–Kier alpha value is -1.37. The maximum absolute atomic E-state index is 12.1. The van der Waals surface area contributed by atoms with Gasteiger partial charge in [-0.2, -0.15) is 16.4 Å². The molecule has 5 nitrogen and oxygen atoms in total. The summed E-state index contributed by atoms with van der Waals surface area (Å²) in [6.07, 6.45) is -0.717. The van der Waals surface area contributed by atoms with Gasteiger partial charge in [-0.1, -0.05) is 11.6 Å². The van der Waals surface area contributed by atoms with Crippen LogP contribution in [0, 0.1) is 6.92 Å². The quantitative estimate of drug-likeness (QED) is 0.890. The van der Waals surface area contributed by atoms with Crippen molar-refractivity contribution >= 4 is 28.8 Å². The largest absolute Gasteiger partial charge is 0.387 e. The fraction of sp³-hybridized carbons (Fsp3) is 0.385. The molecule has 0 saturated heterocycles. The molecule has 0 saturated carbocycles. The van der Waals surface area contributed by atoms with Crippen LogP contribution in [0.25, 0.3) is 0 Å². The van der Waals surface area contributed by atoms with Crippen LogP contribution in [0.1, 0.15) is 34.6 Å². The van der Waals surface area contributed by atoms with Crippen LogP contribution in [0.3, 0.4) is 0 Å². The first-order chi connectivity index (χ1) is 9.54. The number of aromatic nitrogens is 2. The van der Waals surface area contributed by atoms with Crippen LogP contribution in [0.2, 0.25) is 5.15 Å². The molecule has 2 rings (SSSR count). The number of aliphatic hydroxyl groups is 1. The minimum atomic E-state index is -0.717. The zero-order valence-corrected chi connectivity index (χ0v) is 12.8. The Balaban J connectivity index is 2.04. The zero-order chi connectivity index (χ0) is 14.7. The minimum absolute atomic E-state index is 0.142. The summed E-state index contributed by atoms with van der Waals surface area (Å²) < 4.78 is 1.57.